The van der Waals surface area contributed by atoms with Gasteiger partial charge in [-0.1, -0.05) is 0 Å². The van der Waals surface area contributed by atoms with Crippen molar-refractivity contribution in [3.8, 4) is 0 Å². The van der Waals surface area contributed by atoms with Crippen LogP contribution in [0.5, 0.6) is 0 Å². The van der Waals surface area contributed by atoms with Crippen LogP contribution in [0.25, 0.3) is 0 Å². The number of hydrogen-bond donors (Lipinski definition) is 1. The average molecular weight is 338 g/mol. The van der Waals surface area contributed by atoms with Crippen LogP contribution in [-0.4, -0.2) is 0 Å². The first-order valence-corrected chi connectivity index (χ1v) is 6.43. The maximum absolute atomic E-state index is 4.34. The molecule has 0 atom stereocenters. The fourth-order valence-corrected chi connectivity index (χ4v) is 2.59. The van der Waals surface area contributed by atoms with E-state index in [2.05, 4.69) is 38.6 Å². The third-order valence-corrected chi connectivity index (χ3v) is 5.33. The first-order valence-electron chi connectivity index (χ1n) is 3.24. The van der Waals surface area contributed by atoms with Gasteiger partial charge in [-0.05, 0) is 0 Å². The molecule has 0 saturated carbocycles. The van der Waals surface area contributed by atoms with Crippen LogP contribution in [0.2, 0.25) is 0 Å². The molecule has 1 aromatic rings. The van der Waals surface area contributed by atoms with Crippen molar-refractivity contribution in [3.05, 3.63) is 23.3 Å². The summed E-state index contributed by atoms with van der Waals surface area (Å²) in [6.07, 6.45) is 0. The van der Waals surface area contributed by atoms with Crippen LogP contribution < -0.4 is 3.07 Å². The maximum atomic E-state index is 4.34. The van der Waals surface area contributed by atoms with Crippen LogP contribution in [0.1, 0.15) is 11.1 Å². The van der Waals surface area contributed by atoms with Gasteiger partial charge in [0, 0.05) is 0 Å². The molecular weight excluding hydrogens is 329 g/mol. The summed E-state index contributed by atoms with van der Waals surface area (Å²) in [6, 6.07) is 4.28. The van der Waals surface area contributed by atoms with E-state index in [0.29, 0.717) is 0 Å². The Hall–Kier alpha value is 0.505. The van der Waals surface area contributed by atoms with Gasteiger partial charge in [-0.15, -0.1) is 0 Å². The molecule has 1 aromatic carbocycles. The second kappa shape index (κ2) is 3.27. The van der Waals surface area contributed by atoms with E-state index in [-0.39, 0.29) is 0 Å². The quantitative estimate of drug-likeness (QED) is 0.541. The Balaban J connectivity index is 3.34. The minimum absolute atomic E-state index is 0.746. The third kappa shape index (κ3) is 1.56. The molecule has 0 aliphatic rings. The van der Waals surface area contributed by atoms with Crippen molar-refractivity contribution < 1.29 is 26.1 Å². The van der Waals surface area contributed by atoms with E-state index in [4.69, 9.17) is 0 Å². The Morgan fingerprint density at radius 2 is 1.80 bits per heavy atom. The van der Waals surface area contributed by atoms with Crippen molar-refractivity contribution in [2.75, 3.05) is 0 Å². The molecule has 2 heteroatoms. The molecule has 0 heterocycles. The summed E-state index contributed by atoms with van der Waals surface area (Å²) in [4.78, 5) is 1.12. The molecule has 0 aliphatic heterocycles. The number of hydrogen-bond acceptors (Lipinski definition) is 1. The Morgan fingerprint density at radius 1 is 1.20 bits per heavy atom. The summed E-state index contributed by atoms with van der Waals surface area (Å²) < 4.78 is 1.54. The molecule has 10 heavy (non-hydrogen) atoms. The van der Waals surface area contributed by atoms with Gasteiger partial charge in [-0.2, -0.15) is 0 Å². The van der Waals surface area contributed by atoms with E-state index in [1.807, 2.05) is 0 Å². The Morgan fingerprint density at radius 3 is 2.30 bits per heavy atom. The van der Waals surface area contributed by atoms with Gasteiger partial charge in [0.1, 0.15) is 0 Å². The Kier molecular flexibility index (Phi) is 2.81. The van der Waals surface area contributed by atoms with E-state index in [1.54, 1.807) is 0 Å². The van der Waals surface area contributed by atoms with Gasteiger partial charge in [-0.3, -0.25) is 0 Å². The minimum atomic E-state index is 0.746. The van der Waals surface area contributed by atoms with Gasteiger partial charge in [-0.25, -0.2) is 0 Å². The standard InChI is InChI=1S/C8H9S.Hg/c1-6-4-3-5-8(9)7(6)2;/h3,5,9H,1-2H3;/q;+1. The van der Waals surface area contributed by atoms with E-state index >= 15 is 0 Å². The predicted molar refractivity (Wildman–Crippen MR) is 42.8 cm³/mol. The molecule has 0 aliphatic carbocycles. The third-order valence-electron chi connectivity index (χ3n) is 1.87. The topological polar surface area (TPSA) is 0 Å². The number of benzene rings is 1. The van der Waals surface area contributed by atoms with E-state index in [9.17, 15) is 0 Å². The zero-order valence-electron chi connectivity index (χ0n) is 6.31. The summed E-state index contributed by atoms with van der Waals surface area (Å²) in [5, 5.41) is 0. The number of rotatable bonds is 0. The summed E-state index contributed by atoms with van der Waals surface area (Å²) in [7, 11) is 0. The molecule has 0 aromatic heterocycles. The molecule has 0 radical (unpaired) electrons. The van der Waals surface area contributed by atoms with Crippen LogP contribution >= 0.6 is 12.6 Å². The first-order chi connectivity index (χ1) is 4.63. The zero-order valence-corrected chi connectivity index (χ0v) is 12.7. The molecule has 0 fully saturated rings. The van der Waals surface area contributed by atoms with Crippen LogP contribution in [0.15, 0.2) is 17.0 Å². The SMILES string of the molecule is Cc1c(S)cc[c]([Hg+])c1C. The molecule has 0 bridgehead atoms. The molecule has 0 spiro atoms. The molecule has 0 nitrogen and oxygen atoms in total. The second-order valence-corrected chi connectivity index (χ2v) is 5.94. The molecule has 0 saturated heterocycles. The van der Waals surface area contributed by atoms with Crippen LogP contribution in [0.3, 0.4) is 0 Å². The normalized spacial score (nSPS) is 10.1. The van der Waals surface area contributed by atoms with Crippen LogP contribution in [0.4, 0.5) is 0 Å². The van der Waals surface area contributed by atoms with Gasteiger partial charge in [0.15, 0.2) is 0 Å². The van der Waals surface area contributed by atoms with Crippen LogP contribution in [0, 0.1) is 13.8 Å². The van der Waals surface area contributed by atoms with Crippen molar-refractivity contribution in [2.24, 2.45) is 0 Å². The molecule has 0 N–H and O–H groups in total. The summed E-state index contributed by atoms with van der Waals surface area (Å²) >= 11 is 5.08. The number of thiol groups is 1. The van der Waals surface area contributed by atoms with Crippen molar-refractivity contribution in [2.45, 2.75) is 18.7 Å². The molecule has 1 rings (SSSR count). The van der Waals surface area contributed by atoms with Gasteiger partial charge < -0.3 is 0 Å². The molecule has 0 unspecified atom stereocenters. The van der Waals surface area contributed by atoms with E-state index in [0.717, 1.165) is 31.0 Å². The fraction of sp³-hybridized carbons (Fsp3) is 0.250. The molecule has 0 amide bonds. The van der Waals surface area contributed by atoms with Gasteiger partial charge in [0.05, 0.1) is 0 Å². The second-order valence-electron chi connectivity index (χ2n) is 2.49. The van der Waals surface area contributed by atoms with Crippen molar-refractivity contribution >= 4 is 15.7 Å². The van der Waals surface area contributed by atoms with Crippen molar-refractivity contribution in [3.63, 3.8) is 0 Å². The van der Waals surface area contributed by atoms with Crippen molar-refractivity contribution in [1.82, 2.24) is 0 Å². The van der Waals surface area contributed by atoms with Gasteiger partial charge in [0.25, 0.3) is 0 Å². The summed E-state index contributed by atoms with van der Waals surface area (Å²) in [6.45, 7) is 4.31. The summed E-state index contributed by atoms with van der Waals surface area (Å²) in [5.41, 5.74) is 2.78. The van der Waals surface area contributed by atoms with E-state index < -0.39 is 0 Å². The fourth-order valence-electron chi connectivity index (χ4n) is 0.862. The Labute approximate surface area is 83.4 Å². The van der Waals surface area contributed by atoms with Crippen molar-refractivity contribution in [1.29, 1.82) is 0 Å². The van der Waals surface area contributed by atoms with Crippen LogP contribution in [-0.2, 0) is 26.1 Å². The average Bonchev–Trinajstić information content (AvgIpc) is 1.93. The first kappa shape index (κ1) is 8.60. The molecule has 48 valence electrons. The Bertz CT molecular complexity index is 229. The van der Waals surface area contributed by atoms with Gasteiger partial charge >= 0.3 is 83.8 Å². The zero-order chi connectivity index (χ0) is 7.72. The van der Waals surface area contributed by atoms with E-state index in [1.165, 1.54) is 14.2 Å². The van der Waals surface area contributed by atoms with Gasteiger partial charge in [0.2, 0.25) is 0 Å². The molecular formula is C8H9HgS+. The monoisotopic (exact) mass is 339 g/mol. The predicted octanol–water partition coefficient (Wildman–Crippen LogP) is 1.76. The summed E-state index contributed by atoms with van der Waals surface area (Å²) in [5.74, 6) is 0.